The molecule has 2 rings (SSSR count). The Kier molecular flexibility index (Phi) is 6.79. The quantitative estimate of drug-likeness (QED) is 0.625. The predicted octanol–water partition coefficient (Wildman–Crippen LogP) is 2.98. The molecular weight excluding hydrogens is 332 g/mol. The van der Waals surface area contributed by atoms with Gasteiger partial charge in [-0.1, -0.05) is 37.5 Å². The molecule has 1 aliphatic carbocycles. The van der Waals surface area contributed by atoms with E-state index >= 15 is 0 Å². The number of nitrogens with one attached hydrogen (secondary N) is 1. The summed E-state index contributed by atoms with van der Waals surface area (Å²) in [5.74, 6) is -0.448. The molecule has 1 N–H and O–H groups in total. The second kappa shape index (κ2) is 9.04. The summed E-state index contributed by atoms with van der Waals surface area (Å²) in [4.78, 5) is 24.3. The summed E-state index contributed by atoms with van der Waals surface area (Å²) < 4.78 is 10.4. The summed E-state index contributed by atoms with van der Waals surface area (Å²) in [6.07, 6.45) is 5.99. The maximum Gasteiger partial charge on any atom is 0.331 e. The van der Waals surface area contributed by atoms with E-state index < -0.39 is 23.5 Å². The first kappa shape index (κ1) is 19.5. The molecular formula is C20H24N2O4. The highest BCUT2D eigenvalue weighted by atomic mass is 16.5. The van der Waals surface area contributed by atoms with Crippen LogP contribution >= 0.6 is 0 Å². The highest BCUT2D eigenvalue weighted by Gasteiger charge is 2.35. The molecule has 26 heavy (non-hydrogen) atoms. The van der Waals surface area contributed by atoms with E-state index in [1.807, 2.05) is 12.1 Å². The number of ether oxygens (including phenoxy) is 2. The fourth-order valence-corrected chi connectivity index (χ4v) is 2.99. The number of para-hydroxylation sites is 1. The number of carbonyl (C=O) groups is 2. The fourth-order valence-electron chi connectivity index (χ4n) is 2.99. The standard InChI is InChI=1S/C20H24N2O4/c1-15(19(24)22-20(14-21)12-6-3-7-13-20)26-18(23)11-10-16-8-4-5-9-17(16)25-2/h4-5,8-11,15H,3,6-7,12-13H2,1-2H3,(H,22,24)/b11-10+/t15-/m0/s1. The molecule has 0 aliphatic heterocycles. The zero-order chi connectivity index (χ0) is 19.0. The van der Waals surface area contributed by atoms with Gasteiger partial charge in [-0.15, -0.1) is 0 Å². The maximum atomic E-state index is 12.3. The zero-order valence-corrected chi connectivity index (χ0v) is 15.2. The molecule has 1 fully saturated rings. The van der Waals surface area contributed by atoms with E-state index in [0.29, 0.717) is 18.6 Å². The van der Waals surface area contributed by atoms with Crippen molar-refractivity contribution in [2.75, 3.05) is 7.11 Å². The monoisotopic (exact) mass is 356 g/mol. The van der Waals surface area contributed by atoms with Crippen molar-refractivity contribution in [3.8, 4) is 11.8 Å². The van der Waals surface area contributed by atoms with Gasteiger partial charge in [0.1, 0.15) is 11.3 Å². The van der Waals surface area contributed by atoms with E-state index in [1.165, 1.54) is 13.0 Å². The number of amides is 1. The maximum absolute atomic E-state index is 12.3. The number of hydrogen-bond acceptors (Lipinski definition) is 5. The van der Waals surface area contributed by atoms with Gasteiger partial charge in [0, 0.05) is 11.6 Å². The van der Waals surface area contributed by atoms with E-state index in [0.717, 1.165) is 24.8 Å². The van der Waals surface area contributed by atoms with E-state index in [2.05, 4.69) is 11.4 Å². The van der Waals surface area contributed by atoms with Crippen LogP contribution in [0.1, 0.15) is 44.6 Å². The molecule has 6 nitrogen and oxygen atoms in total. The van der Waals surface area contributed by atoms with Gasteiger partial charge in [-0.2, -0.15) is 5.26 Å². The average Bonchev–Trinajstić information content (AvgIpc) is 2.67. The third-order valence-corrected chi connectivity index (χ3v) is 4.48. The molecule has 1 aromatic rings. The van der Waals surface area contributed by atoms with Crippen LogP contribution in [-0.4, -0.2) is 30.6 Å². The van der Waals surface area contributed by atoms with Gasteiger partial charge in [0.15, 0.2) is 6.10 Å². The van der Waals surface area contributed by atoms with Gasteiger partial charge in [-0.3, -0.25) is 4.79 Å². The van der Waals surface area contributed by atoms with Gasteiger partial charge < -0.3 is 14.8 Å². The van der Waals surface area contributed by atoms with Crippen LogP contribution in [0.25, 0.3) is 6.08 Å². The lowest BCUT2D eigenvalue weighted by Gasteiger charge is -2.32. The molecule has 138 valence electrons. The first-order chi connectivity index (χ1) is 12.5. The summed E-state index contributed by atoms with van der Waals surface area (Å²) in [5, 5.41) is 12.2. The van der Waals surface area contributed by atoms with Crippen LogP contribution < -0.4 is 10.1 Å². The second-order valence-corrected chi connectivity index (χ2v) is 6.40. The topological polar surface area (TPSA) is 88.4 Å². The molecule has 1 aliphatic rings. The van der Waals surface area contributed by atoms with Crippen molar-refractivity contribution in [2.45, 2.75) is 50.7 Å². The Balaban J connectivity index is 1.92. The summed E-state index contributed by atoms with van der Waals surface area (Å²) in [6.45, 7) is 1.50. The first-order valence-corrected chi connectivity index (χ1v) is 8.75. The molecule has 0 aromatic heterocycles. The van der Waals surface area contributed by atoms with Crippen molar-refractivity contribution in [2.24, 2.45) is 0 Å². The van der Waals surface area contributed by atoms with Gasteiger partial charge in [-0.05, 0) is 31.9 Å². The molecule has 1 amide bonds. The van der Waals surface area contributed by atoms with Crippen LogP contribution in [-0.2, 0) is 14.3 Å². The van der Waals surface area contributed by atoms with Gasteiger partial charge in [0.2, 0.25) is 0 Å². The molecule has 0 radical (unpaired) electrons. The molecule has 0 heterocycles. The third-order valence-electron chi connectivity index (χ3n) is 4.48. The van der Waals surface area contributed by atoms with Crippen molar-refractivity contribution in [3.05, 3.63) is 35.9 Å². The molecule has 0 unspecified atom stereocenters. The predicted molar refractivity (Wildman–Crippen MR) is 97.2 cm³/mol. The first-order valence-electron chi connectivity index (χ1n) is 8.75. The highest BCUT2D eigenvalue weighted by molar-refractivity contribution is 5.91. The molecule has 1 saturated carbocycles. The van der Waals surface area contributed by atoms with Gasteiger partial charge in [0.25, 0.3) is 5.91 Å². The van der Waals surface area contributed by atoms with E-state index in [1.54, 1.807) is 25.3 Å². The number of rotatable bonds is 6. The van der Waals surface area contributed by atoms with Crippen molar-refractivity contribution in [1.29, 1.82) is 5.26 Å². The number of hydrogen-bond donors (Lipinski definition) is 1. The number of nitrogens with zero attached hydrogens (tertiary/aromatic N) is 1. The smallest absolute Gasteiger partial charge is 0.331 e. The van der Waals surface area contributed by atoms with E-state index in [9.17, 15) is 14.9 Å². The number of benzene rings is 1. The summed E-state index contributed by atoms with van der Waals surface area (Å²) in [5.41, 5.74) is -0.113. The van der Waals surface area contributed by atoms with E-state index in [4.69, 9.17) is 9.47 Å². The molecule has 0 spiro atoms. The van der Waals surface area contributed by atoms with Crippen LogP contribution in [0.2, 0.25) is 0 Å². The van der Waals surface area contributed by atoms with Crippen LogP contribution in [0.15, 0.2) is 30.3 Å². The Morgan fingerprint density at radius 2 is 1.96 bits per heavy atom. The second-order valence-electron chi connectivity index (χ2n) is 6.40. The van der Waals surface area contributed by atoms with Crippen molar-refractivity contribution in [1.82, 2.24) is 5.32 Å². The summed E-state index contributed by atoms with van der Waals surface area (Å²) in [6, 6.07) is 9.46. The minimum Gasteiger partial charge on any atom is -0.496 e. The molecule has 1 aromatic carbocycles. The van der Waals surface area contributed by atoms with Gasteiger partial charge in [-0.25, -0.2) is 4.79 Å². The van der Waals surface area contributed by atoms with Crippen molar-refractivity contribution in [3.63, 3.8) is 0 Å². The third kappa shape index (κ3) is 5.09. The minimum atomic E-state index is -0.975. The summed E-state index contributed by atoms with van der Waals surface area (Å²) in [7, 11) is 1.55. The van der Waals surface area contributed by atoms with Crippen LogP contribution in [0, 0.1) is 11.3 Å². The molecule has 6 heteroatoms. The number of esters is 1. The van der Waals surface area contributed by atoms with Crippen molar-refractivity contribution < 1.29 is 19.1 Å². The Morgan fingerprint density at radius 1 is 1.27 bits per heavy atom. The largest absolute Gasteiger partial charge is 0.496 e. The lowest BCUT2D eigenvalue weighted by atomic mass is 9.83. The van der Waals surface area contributed by atoms with Crippen LogP contribution in [0.4, 0.5) is 0 Å². The number of nitriles is 1. The highest BCUT2D eigenvalue weighted by Crippen LogP contribution is 2.27. The molecule has 1 atom stereocenters. The number of carbonyl (C=O) groups excluding carboxylic acids is 2. The Labute approximate surface area is 153 Å². The van der Waals surface area contributed by atoms with Crippen molar-refractivity contribution >= 4 is 18.0 Å². The summed E-state index contributed by atoms with van der Waals surface area (Å²) >= 11 is 0. The average molecular weight is 356 g/mol. The minimum absolute atomic E-state index is 0.451. The lowest BCUT2D eigenvalue weighted by molar-refractivity contribution is -0.150. The van der Waals surface area contributed by atoms with Crippen LogP contribution in [0.5, 0.6) is 5.75 Å². The normalized spacial score (nSPS) is 17.1. The Hall–Kier alpha value is -2.81. The van der Waals surface area contributed by atoms with Gasteiger partial charge >= 0.3 is 5.97 Å². The fraction of sp³-hybridized carbons (Fsp3) is 0.450. The molecule has 0 saturated heterocycles. The van der Waals surface area contributed by atoms with Crippen LogP contribution in [0.3, 0.4) is 0 Å². The Bertz CT molecular complexity index is 715. The van der Waals surface area contributed by atoms with Gasteiger partial charge in [0.05, 0.1) is 13.2 Å². The Morgan fingerprint density at radius 3 is 2.62 bits per heavy atom. The number of methoxy groups -OCH3 is 1. The molecule has 0 bridgehead atoms. The zero-order valence-electron chi connectivity index (χ0n) is 15.2. The lowest BCUT2D eigenvalue weighted by Crippen LogP contribution is -2.52. The SMILES string of the molecule is COc1ccccc1/C=C/C(=O)O[C@@H](C)C(=O)NC1(C#N)CCCCC1. The van der Waals surface area contributed by atoms with E-state index in [-0.39, 0.29) is 0 Å².